The third kappa shape index (κ3) is 2.76. The Bertz CT molecular complexity index is 645. The van der Waals surface area contributed by atoms with Crippen LogP contribution in [-0.4, -0.2) is 33.8 Å². The third-order valence-corrected chi connectivity index (χ3v) is 5.38. The predicted molar refractivity (Wildman–Crippen MR) is 86.4 cm³/mol. The number of aromatic nitrogens is 2. The highest BCUT2D eigenvalue weighted by atomic mass is 19.1. The number of benzene rings is 1. The Morgan fingerprint density at radius 1 is 1.00 bits per heavy atom. The van der Waals surface area contributed by atoms with Gasteiger partial charge >= 0.3 is 0 Å². The van der Waals surface area contributed by atoms with Crippen molar-refractivity contribution in [3.63, 3.8) is 0 Å². The third-order valence-electron chi connectivity index (χ3n) is 5.38. The predicted octanol–water partition coefficient (Wildman–Crippen LogP) is 4.15. The number of piperidine rings is 1. The van der Waals surface area contributed by atoms with E-state index in [1.54, 1.807) is 12.1 Å². The zero-order chi connectivity index (χ0) is 14.9. The number of halogens is 1. The van der Waals surface area contributed by atoms with E-state index in [-0.39, 0.29) is 5.82 Å². The van der Waals surface area contributed by atoms with Gasteiger partial charge < -0.3 is 0 Å². The van der Waals surface area contributed by atoms with Crippen LogP contribution in [-0.2, 0) is 0 Å². The zero-order valence-corrected chi connectivity index (χ0v) is 13.0. The van der Waals surface area contributed by atoms with Crippen LogP contribution in [0.4, 0.5) is 4.39 Å². The van der Waals surface area contributed by atoms with Crippen LogP contribution in [0.25, 0.3) is 10.9 Å². The molecule has 2 aliphatic rings. The molecule has 2 aromatic rings. The molecule has 0 amide bonds. The zero-order valence-electron chi connectivity index (χ0n) is 13.0. The molecule has 4 heteroatoms. The molecule has 0 radical (unpaired) electrons. The Labute approximate surface area is 131 Å². The molecule has 0 bridgehead atoms. The summed E-state index contributed by atoms with van der Waals surface area (Å²) in [6.45, 7) is 2.33. The van der Waals surface area contributed by atoms with E-state index >= 15 is 0 Å². The Morgan fingerprint density at radius 2 is 1.82 bits per heavy atom. The van der Waals surface area contributed by atoms with E-state index < -0.39 is 0 Å². The van der Waals surface area contributed by atoms with Crippen LogP contribution >= 0.6 is 0 Å². The maximum atomic E-state index is 13.3. The molecule has 1 saturated carbocycles. The van der Waals surface area contributed by atoms with Gasteiger partial charge in [0.2, 0.25) is 0 Å². The first-order valence-corrected chi connectivity index (χ1v) is 8.68. The quantitative estimate of drug-likeness (QED) is 0.831. The molecule has 0 N–H and O–H groups in total. The molecule has 0 spiro atoms. The molecule has 1 saturated heterocycles. The second kappa shape index (κ2) is 5.99. The first-order valence-electron chi connectivity index (χ1n) is 8.68. The second-order valence-corrected chi connectivity index (χ2v) is 6.90. The van der Waals surface area contributed by atoms with Gasteiger partial charge in [-0.05, 0) is 50.4 Å². The van der Waals surface area contributed by atoms with Crippen molar-refractivity contribution in [1.82, 2.24) is 14.7 Å². The molecule has 22 heavy (non-hydrogen) atoms. The summed E-state index contributed by atoms with van der Waals surface area (Å²) in [5.41, 5.74) is 0.899. The summed E-state index contributed by atoms with van der Waals surface area (Å²) in [6.07, 6.45) is 11.3. The van der Waals surface area contributed by atoms with Gasteiger partial charge in [-0.15, -0.1) is 0 Å². The minimum atomic E-state index is -0.181. The largest absolute Gasteiger partial charge is 0.298 e. The highest BCUT2D eigenvalue weighted by molar-refractivity contribution is 5.77. The van der Waals surface area contributed by atoms with Gasteiger partial charge in [0.05, 0.1) is 11.6 Å². The normalized spacial score (nSPS) is 24.9. The average molecular weight is 301 g/mol. The van der Waals surface area contributed by atoms with Crippen molar-refractivity contribution < 1.29 is 4.39 Å². The highest BCUT2D eigenvalue weighted by Crippen LogP contribution is 2.29. The van der Waals surface area contributed by atoms with E-state index in [1.807, 2.05) is 6.20 Å². The van der Waals surface area contributed by atoms with Gasteiger partial charge in [-0.25, -0.2) is 4.39 Å². The van der Waals surface area contributed by atoms with Crippen molar-refractivity contribution >= 4 is 10.9 Å². The van der Waals surface area contributed by atoms with Gasteiger partial charge in [-0.2, -0.15) is 5.10 Å². The summed E-state index contributed by atoms with van der Waals surface area (Å²) >= 11 is 0. The molecule has 3 nitrogen and oxygen atoms in total. The molecule has 2 heterocycles. The summed E-state index contributed by atoms with van der Waals surface area (Å²) in [6, 6.07) is 6.07. The second-order valence-electron chi connectivity index (χ2n) is 6.90. The number of fused-ring (bicyclic) bond motifs is 1. The van der Waals surface area contributed by atoms with Crippen molar-refractivity contribution in [3.8, 4) is 0 Å². The Morgan fingerprint density at radius 3 is 2.68 bits per heavy atom. The van der Waals surface area contributed by atoms with Crippen molar-refractivity contribution in [2.45, 2.75) is 57.0 Å². The molecule has 1 aromatic carbocycles. The van der Waals surface area contributed by atoms with Gasteiger partial charge in [-0.1, -0.05) is 19.3 Å². The lowest BCUT2D eigenvalue weighted by Gasteiger charge is -2.40. The van der Waals surface area contributed by atoms with E-state index in [2.05, 4.69) is 14.7 Å². The standard InChI is InChI=1S/C18H24FN3/c19-15-8-9-18-14(11-15)12-22(20-18)17-7-4-10-21(13-17)16-5-2-1-3-6-16/h8-9,11-12,16-17H,1-7,10,13H2. The molecule has 118 valence electrons. The summed E-state index contributed by atoms with van der Waals surface area (Å²) in [5.74, 6) is -0.181. The molecule has 1 atom stereocenters. The fraction of sp³-hybridized carbons (Fsp3) is 0.611. The molecule has 1 aliphatic carbocycles. The van der Waals surface area contributed by atoms with Crippen molar-refractivity contribution in [2.24, 2.45) is 0 Å². The lowest BCUT2D eigenvalue weighted by atomic mass is 9.92. The minimum Gasteiger partial charge on any atom is -0.298 e. The number of hydrogen-bond donors (Lipinski definition) is 0. The van der Waals surface area contributed by atoms with Gasteiger partial charge in [-0.3, -0.25) is 9.58 Å². The monoisotopic (exact) mass is 301 g/mol. The molecular weight excluding hydrogens is 277 g/mol. The van der Waals surface area contributed by atoms with Gasteiger partial charge in [0.25, 0.3) is 0 Å². The first kappa shape index (κ1) is 14.2. The molecule has 4 rings (SSSR count). The van der Waals surface area contributed by atoms with Gasteiger partial charge in [0, 0.05) is 24.2 Å². The van der Waals surface area contributed by atoms with E-state index in [1.165, 1.54) is 57.6 Å². The highest BCUT2D eigenvalue weighted by Gasteiger charge is 2.28. The van der Waals surface area contributed by atoms with Gasteiger partial charge in [0.15, 0.2) is 0 Å². The topological polar surface area (TPSA) is 21.1 Å². The summed E-state index contributed by atoms with van der Waals surface area (Å²) in [5, 5.41) is 5.59. The average Bonchev–Trinajstić information content (AvgIpc) is 2.99. The summed E-state index contributed by atoms with van der Waals surface area (Å²) < 4.78 is 15.4. The van der Waals surface area contributed by atoms with Crippen molar-refractivity contribution in [1.29, 1.82) is 0 Å². The Hall–Kier alpha value is -1.42. The van der Waals surface area contributed by atoms with E-state index in [0.29, 0.717) is 6.04 Å². The molecule has 2 fully saturated rings. The fourth-order valence-corrected chi connectivity index (χ4v) is 4.18. The number of nitrogens with zero attached hydrogens (tertiary/aromatic N) is 3. The van der Waals surface area contributed by atoms with Crippen LogP contribution in [0.1, 0.15) is 51.0 Å². The first-order chi connectivity index (χ1) is 10.8. The number of rotatable bonds is 2. The van der Waals surface area contributed by atoms with Crippen LogP contribution in [0.5, 0.6) is 0 Å². The number of likely N-dealkylation sites (tertiary alicyclic amines) is 1. The summed E-state index contributed by atoms with van der Waals surface area (Å²) in [7, 11) is 0. The van der Waals surface area contributed by atoms with E-state index in [9.17, 15) is 4.39 Å². The fourth-order valence-electron chi connectivity index (χ4n) is 4.18. The summed E-state index contributed by atoms with van der Waals surface area (Å²) in [4.78, 5) is 2.68. The van der Waals surface area contributed by atoms with Crippen molar-refractivity contribution in [3.05, 3.63) is 30.2 Å². The van der Waals surface area contributed by atoms with Crippen LogP contribution in [0.2, 0.25) is 0 Å². The van der Waals surface area contributed by atoms with Crippen molar-refractivity contribution in [2.75, 3.05) is 13.1 Å². The Kier molecular flexibility index (Phi) is 3.87. The molecule has 1 unspecified atom stereocenters. The van der Waals surface area contributed by atoms with Crippen LogP contribution in [0.3, 0.4) is 0 Å². The van der Waals surface area contributed by atoms with Crippen LogP contribution < -0.4 is 0 Å². The maximum absolute atomic E-state index is 13.3. The number of hydrogen-bond acceptors (Lipinski definition) is 2. The van der Waals surface area contributed by atoms with E-state index in [4.69, 9.17) is 0 Å². The SMILES string of the molecule is Fc1ccc2nn(C3CCCN(C4CCCCC4)C3)cc2c1. The molecule has 1 aromatic heterocycles. The van der Waals surface area contributed by atoms with E-state index in [0.717, 1.165) is 23.5 Å². The molecular formula is C18H24FN3. The minimum absolute atomic E-state index is 0.181. The lowest BCUT2D eigenvalue weighted by Crippen LogP contribution is -2.44. The Balaban J connectivity index is 1.52. The van der Waals surface area contributed by atoms with Gasteiger partial charge in [0.1, 0.15) is 5.82 Å². The van der Waals surface area contributed by atoms with Crippen LogP contribution in [0.15, 0.2) is 24.4 Å². The smallest absolute Gasteiger partial charge is 0.124 e. The van der Waals surface area contributed by atoms with Crippen LogP contribution in [0, 0.1) is 5.82 Å². The maximum Gasteiger partial charge on any atom is 0.124 e. The lowest BCUT2D eigenvalue weighted by molar-refractivity contribution is 0.0978. The molecule has 1 aliphatic heterocycles.